The van der Waals surface area contributed by atoms with E-state index in [0.29, 0.717) is 17.4 Å². The van der Waals surface area contributed by atoms with Crippen LogP contribution in [0.2, 0.25) is 0 Å². The highest BCUT2D eigenvalue weighted by atomic mass is 127. The van der Waals surface area contributed by atoms with Crippen LogP contribution in [0.1, 0.15) is 56.2 Å². The van der Waals surface area contributed by atoms with E-state index in [4.69, 9.17) is 8.33 Å². The Kier molecular flexibility index (Phi) is 4.60. The fraction of sp³-hybridized carbons (Fsp3) is 0.462. The summed E-state index contributed by atoms with van der Waals surface area (Å²) in [5, 5.41) is 9.02. The molecule has 0 atom stereocenters. The zero-order valence-corrected chi connectivity index (χ0v) is 12.2. The first kappa shape index (κ1) is 13.3. The van der Waals surface area contributed by atoms with E-state index in [2.05, 4.69) is 33.8 Å². The van der Waals surface area contributed by atoms with Crippen molar-refractivity contribution in [1.82, 2.24) is 0 Å². The zero-order chi connectivity index (χ0) is 12.3. The molecule has 0 fully saturated rings. The van der Waals surface area contributed by atoms with Gasteiger partial charge in [0.05, 0.1) is 11.6 Å². The first-order chi connectivity index (χ1) is 7.51. The first-order valence-electron chi connectivity index (χ1n) is 5.37. The molecule has 1 aromatic rings. The molecule has 0 aliphatic carbocycles. The van der Waals surface area contributed by atoms with Gasteiger partial charge in [0.25, 0.3) is 0 Å². The SMILES string of the molecule is CC(C)c1cc(C#N)cc(C(C)C)c1OI. The smallest absolute Gasteiger partial charge is 0.192 e. The Morgan fingerprint density at radius 1 is 1.12 bits per heavy atom. The van der Waals surface area contributed by atoms with Crippen molar-refractivity contribution in [2.75, 3.05) is 0 Å². The van der Waals surface area contributed by atoms with Crippen LogP contribution in [0.25, 0.3) is 0 Å². The lowest BCUT2D eigenvalue weighted by Gasteiger charge is -2.17. The molecule has 86 valence electrons. The van der Waals surface area contributed by atoms with Crippen molar-refractivity contribution in [3.63, 3.8) is 0 Å². The standard InChI is InChI=1S/C13H16INO/c1-8(2)11-5-10(7-15)6-12(9(3)4)13(11)16-14/h5-6,8-9H,1-4H3. The van der Waals surface area contributed by atoms with Crippen molar-refractivity contribution < 1.29 is 3.07 Å². The molecule has 0 spiro atoms. The summed E-state index contributed by atoms with van der Waals surface area (Å²) >= 11 is 1.91. The van der Waals surface area contributed by atoms with Crippen LogP contribution in [-0.4, -0.2) is 0 Å². The van der Waals surface area contributed by atoms with Gasteiger partial charge in [-0.15, -0.1) is 0 Å². The van der Waals surface area contributed by atoms with Gasteiger partial charge >= 0.3 is 0 Å². The lowest BCUT2D eigenvalue weighted by molar-refractivity contribution is 0.657. The minimum Gasteiger partial charge on any atom is -0.427 e. The lowest BCUT2D eigenvalue weighted by Crippen LogP contribution is -1.99. The topological polar surface area (TPSA) is 33.0 Å². The molecule has 0 N–H and O–H groups in total. The number of rotatable bonds is 3. The Morgan fingerprint density at radius 2 is 1.56 bits per heavy atom. The summed E-state index contributed by atoms with van der Waals surface area (Å²) < 4.78 is 5.46. The van der Waals surface area contributed by atoms with Crippen molar-refractivity contribution in [3.8, 4) is 11.8 Å². The van der Waals surface area contributed by atoms with Crippen LogP contribution in [-0.2, 0) is 0 Å². The van der Waals surface area contributed by atoms with Gasteiger partial charge in [-0.25, -0.2) is 0 Å². The monoisotopic (exact) mass is 329 g/mol. The third-order valence-electron chi connectivity index (χ3n) is 2.60. The number of benzene rings is 1. The largest absolute Gasteiger partial charge is 0.427 e. The van der Waals surface area contributed by atoms with Gasteiger partial charge in [-0.1, -0.05) is 27.7 Å². The van der Waals surface area contributed by atoms with E-state index < -0.39 is 0 Å². The van der Waals surface area contributed by atoms with Crippen LogP contribution in [0, 0.1) is 11.3 Å². The Labute approximate surface area is 111 Å². The third-order valence-corrected chi connectivity index (χ3v) is 3.04. The highest BCUT2D eigenvalue weighted by molar-refractivity contribution is 14.1. The summed E-state index contributed by atoms with van der Waals surface area (Å²) in [6.07, 6.45) is 0. The maximum Gasteiger partial charge on any atom is 0.192 e. The molecule has 0 unspecified atom stereocenters. The molecule has 0 saturated heterocycles. The lowest BCUT2D eigenvalue weighted by atomic mass is 9.92. The molecule has 0 heterocycles. The van der Waals surface area contributed by atoms with Gasteiger partial charge in [0, 0.05) is 0 Å². The van der Waals surface area contributed by atoms with Crippen molar-refractivity contribution in [1.29, 1.82) is 5.26 Å². The summed E-state index contributed by atoms with van der Waals surface area (Å²) in [6.45, 7) is 8.44. The van der Waals surface area contributed by atoms with Crippen LogP contribution in [0.5, 0.6) is 5.75 Å². The molecule has 0 saturated carbocycles. The average Bonchev–Trinajstić information content (AvgIpc) is 2.26. The van der Waals surface area contributed by atoms with Crippen LogP contribution in [0.15, 0.2) is 12.1 Å². The van der Waals surface area contributed by atoms with E-state index in [1.54, 1.807) is 0 Å². The van der Waals surface area contributed by atoms with Crippen molar-refractivity contribution in [3.05, 3.63) is 28.8 Å². The van der Waals surface area contributed by atoms with Crippen LogP contribution < -0.4 is 3.07 Å². The van der Waals surface area contributed by atoms with Crippen molar-refractivity contribution in [2.24, 2.45) is 0 Å². The summed E-state index contributed by atoms with van der Waals surface area (Å²) in [4.78, 5) is 0. The molecular weight excluding hydrogens is 313 g/mol. The molecule has 0 radical (unpaired) electrons. The highest BCUT2D eigenvalue weighted by Gasteiger charge is 2.16. The maximum atomic E-state index is 9.02. The normalized spacial score (nSPS) is 10.6. The van der Waals surface area contributed by atoms with Gasteiger partial charge in [-0.05, 0) is 35.1 Å². The van der Waals surface area contributed by atoms with E-state index in [0.717, 1.165) is 16.9 Å². The van der Waals surface area contributed by atoms with Crippen LogP contribution in [0.4, 0.5) is 0 Å². The maximum absolute atomic E-state index is 9.02. The quantitative estimate of drug-likeness (QED) is 0.763. The highest BCUT2D eigenvalue weighted by Crippen LogP contribution is 2.36. The Morgan fingerprint density at radius 3 is 1.81 bits per heavy atom. The van der Waals surface area contributed by atoms with Gasteiger partial charge in [-0.2, -0.15) is 5.26 Å². The van der Waals surface area contributed by atoms with E-state index in [1.165, 1.54) is 0 Å². The zero-order valence-electron chi connectivity index (χ0n) is 10.0. The molecule has 0 aromatic heterocycles. The molecule has 2 nitrogen and oxygen atoms in total. The number of nitriles is 1. The van der Waals surface area contributed by atoms with Crippen LogP contribution in [0.3, 0.4) is 0 Å². The molecule has 1 rings (SSSR count). The predicted octanol–water partition coefficient (Wildman–Crippen LogP) is 4.53. The minimum atomic E-state index is 0.357. The molecule has 0 aliphatic heterocycles. The number of halogens is 1. The van der Waals surface area contributed by atoms with Gasteiger partial charge in [0.1, 0.15) is 5.75 Å². The van der Waals surface area contributed by atoms with E-state index in [1.807, 2.05) is 35.1 Å². The first-order valence-corrected chi connectivity index (χ1v) is 6.25. The van der Waals surface area contributed by atoms with Gasteiger partial charge in [0.15, 0.2) is 23.0 Å². The molecule has 3 heteroatoms. The van der Waals surface area contributed by atoms with Crippen molar-refractivity contribution >= 4 is 23.0 Å². The van der Waals surface area contributed by atoms with Gasteiger partial charge in [-0.3, -0.25) is 0 Å². The fourth-order valence-corrected chi connectivity index (χ4v) is 2.19. The fourth-order valence-electron chi connectivity index (χ4n) is 1.69. The van der Waals surface area contributed by atoms with E-state index in [9.17, 15) is 0 Å². The molecule has 0 amide bonds. The Hall–Kier alpha value is -0.760. The molecular formula is C13H16INO. The van der Waals surface area contributed by atoms with E-state index >= 15 is 0 Å². The van der Waals surface area contributed by atoms with Crippen LogP contribution >= 0.6 is 23.0 Å². The third kappa shape index (κ3) is 2.67. The van der Waals surface area contributed by atoms with E-state index in [-0.39, 0.29) is 0 Å². The predicted molar refractivity (Wildman–Crippen MR) is 74.0 cm³/mol. The van der Waals surface area contributed by atoms with Gasteiger partial charge in [0.2, 0.25) is 0 Å². The Balaban J connectivity index is 3.48. The number of hydrogen-bond donors (Lipinski definition) is 0. The molecule has 0 aliphatic rings. The summed E-state index contributed by atoms with van der Waals surface area (Å²) in [6, 6.07) is 6.05. The van der Waals surface area contributed by atoms with Crippen molar-refractivity contribution in [2.45, 2.75) is 39.5 Å². The Bertz CT molecular complexity index is 389. The molecule has 16 heavy (non-hydrogen) atoms. The molecule has 0 bridgehead atoms. The average molecular weight is 329 g/mol. The minimum absolute atomic E-state index is 0.357. The second-order valence-electron chi connectivity index (χ2n) is 4.48. The summed E-state index contributed by atoms with van der Waals surface area (Å²) in [7, 11) is 0. The second-order valence-corrected chi connectivity index (χ2v) is 4.92. The molecule has 1 aromatic carbocycles. The summed E-state index contributed by atoms with van der Waals surface area (Å²) in [5.74, 6) is 1.63. The number of hydrogen-bond acceptors (Lipinski definition) is 2. The number of nitrogens with zero attached hydrogens (tertiary/aromatic N) is 1. The summed E-state index contributed by atoms with van der Waals surface area (Å²) in [5.41, 5.74) is 2.93. The second kappa shape index (κ2) is 5.53. The van der Waals surface area contributed by atoms with Gasteiger partial charge < -0.3 is 3.07 Å².